The van der Waals surface area contributed by atoms with Crippen molar-refractivity contribution in [2.75, 3.05) is 0 Å². The molecule has 204 valence electrons. The molecule has 2 nitrogen and oxygen atoms in total. The van der Waals surface area contributed by atoms with E-state index in [4.69, 9.17) is 16.3 Å². The van der Waals surface area contributed by atoms with Gasteiger partial charge < -0.3 is 4.74 Å². The van der Waals surface area contributed by atoms with Crippen LogP contribution >= 0.6 is 11.6 Å². The molecule has 0 spiro atoms. The van der Waals surface area contributed by atoms with Crippen molar-refractivity contribution in [2.24, 2.45) is 34.5 Å². The summed E-state index contributed by atoms with van der Waals surface area (Å²) in [6.45, 7) is 7.53. The lowest BCUT2D eigenvalue weighted by molar-refractivity contribution is -0.0536. The second kappa shape index (κ2) is 11.4. The van der Waals surface area contributed by atoms with Gasteiger partial charge in [-0.1, -0.05) is 94.7 Å². The van der Waals surface area contributed by atoms with Gasteiger partial charge in [0.15, 0.2) is 0 Å². The molecule has 4 unspecified atom stereocenters. The summed E-state index contributed by atoms with van der Waals surface area (Å²) in [7, 11) is 0. The predicted octanol–water partition coefficient (Wildman–Crippen LogP) is 10.2. The SMILES string of the molecule is CCCCCCCCC1CCC2C3CC=C4C[C@@H](OC(=O)c5ccccc5Cl)CC[C@]4(C)C3CC[C@]12C. The molecule has 3 heteroatoms. The highest BCUT2D eigenvalue weighted by atomic mass is 35.5. The van der Waals surface area contributed by atoms with Gasteiger partial charge in [0.25, 0.3) is 0 Å². The minimum Gasteiger partial charge on any atom is -0.458 e. The van der Waals surface area contributed by atoms with Gasteiger partial charge in [-0.15, -0.1) is 0 Å². The van der Waals surface area contributed by atoms with Crippen LogP contribution in [0.3, 0.4) is 0 Å². The molecule has 0 aromatic heterocycles. The first-order valence-electron chi connectivity index (χ1n) is 15.5. The van der Waals surface area contributed by atoms with Crippen molar-refractivity contribution in [3.63, 3.8) is 0 Å². The van der Waals surface area contributed by atoms with Crippen LogP contribution in [0.5, 0.6) is 0 Å². The summed E-state index contributed by atoms with van der Waals surface area (Å²) in [5, 5.41) is 0.476. The van der Waals surface area contributed by atoms with Gasteiger partial charge in [-0.05, 0) is 98.0 Å². The highest BCUT2D eigenvalue weighted by Gasteiger charge is 2.58. The number of hydrogen-bond donors (Lipinski definition) is 0. The van der Waals surface area contributed by atoms with Gasteiger partial charge in [0.05, 0.1) is 10.6 Å². The number of esters is 1. The monoisotopic (exact) mass is 524 g/mol. The summed E-state index contributed by atoms with van der Waals surface area (Å²) >= 11 is 6.25. The Labute approximate surface area is 231 Å². The molecule has 0 bridgehead atoms. The number of carbonyl (C=O) groups is 1. The van der Waals surface area contributed by atoms with Crippen molar-refractivity contribution in [1.29, 1.82) is 0 Å². The summed E-state index contributed by atoms with van der Waals surface area (Å²) in [4.78, 5) is 12.8. The lowest BCUT2D eigenvalue weighted by atomic mass is 9.47. The van der Waals surface area contributed by atoms with Gasteiger partial charge in [0, 0.05) is 6.42 Å². The van der Waals surface area contributed by atoms with Gasteiger partial charge in [0.2, 0.25) is 0 Å². The molecule has 3 saturated carbocycles. The number of carbonyl (C=O) groups excluding carboxylic acids is 1. The van der Waals surface area contributed by atoms with Gasteiger partial charge in [0.1, 0.15) is 6.10 Å². The van der Waals surface area contributed by atoms with Gasteiger partial charge in [-0.2, -0.15) is 0 Å². The first kappa shape index (κ1) is 27.3. The number of rotatable bonds is 9. The van der Waals surface area contributed by atoms with E-state index in [2.05, 4.69) is 26.8 Å². The number of hydrogen-bond acceptors (Lipinski definition) is 2. The third kappa shape index (κ3) is 5.30. The fourth-order valence-electron chi connectivity index (χ4n) is 9.32. The maximum atomic E-state index is 12.8. The molecule has 4 aliphatic carbocycles. The topological polar surface area (TPSA) is 26.3 Å². The highest BCUT2D eigenvalue weighted by Crippen LogP contribution is 2.66. The number of unbranched alkanes of at least 4 members (excludes halogenated alkanes) is 5. The molecule has 0 N–H and O–H groups in total. The minimum atomic E-state index is -0.274. The fourth-order valence-corrected chi connectivity index (χ4v) is 9.54. The average Bonchev–Trinajstić information content (AvgIpc) is 3.22. The number of allylic oxidation sites excluding steroid dienone is 1. The molecule has 1 aromatic carbocycles. The molecule has 37 heavy (non-hydrogen) atoms. The third-order valence-corrected chi connectivity index (χ3v) is 11.9. The van der Waals surface area contributed by atoms with E-state index in [0.717, 1.165) is 42.9 Å². The Hall–Kier alpha value is -1.28. The van der Waals surface area contributed by atoms with E-state index in [1.807, 2.05) is 12.1 Å². The van der Waals surface area contributed by atoms with E-state index < -0.39 is 0 Å². The van der Waals surface area contributed by atoms with E-state index in [1.165, 1.54) is 77.0 Å². The standard InChI is InChI=1S/C34H49ClO2/c1-4-5-6-7-8-9-12-24-16-18-29-27-17-15-25-23-26(37-32(36)28-13-10-11-14-31(28)35)19-21-34(25,3)30(27)20-22-33(24,29)2/h10-11,13-15,24,26-27,29-30H,4-9,12,16-23H2,1-3H3/t24?,26-,27?,29?,30?,33+,34-/m0/s1. The smallest absolute Gasteiger partial charge is 0.339 e. The number of benzene rings is 1. The molecule has 0 heterocycles. The Balaban J connectivity index is 1.21. The molecule has 1 aromatic rings. The normalized spacial score (nSPS) is 36.8. The predicted molar refractivity (Wildman–Crippen MR) is 154 cm³/mol. The van der Waals surface area contributed by atoms with Crippen LogP contribution in [-0.4, -0.2) is 12.1 Å². The van der Waals surface area contributed by atoms with E-state index in [1.54, 1.807) is 17.7 Å². The van der Waals surface area contributed by atoms with E-state index in [0.29, 0.717) is 16.0 Å². The van der Waals surface area contributed by atoms with Crippen LogP contribution in [0.4, 0.5) is 0 Å². The molecule has 5 rings (SSSR count). The first-order chi connectivity index (χ1) is 17.9. The molecular formula is C34H49ClO2. The summed E-state index contributed by atoms with van der Waals surface area (Å²) in [6, 6.07) is 7.23. The fraction of sp³-hybridized carbons (Fsp3) is 0.735. The van der Waals surface area contributed by atoms with Crippen LogP contribution < -0.4 is 0 Å². The second-order valence-electron chi connectivity index (χ2n) is 13.4. The summed E-state index contributed by atoms with van der Waals surface area (Å²) in [6.07, 6.45) is 22.5. The van der Waals surface area contributed by atoms with Crippen LogP contribution in [-0.2, 0) is 4.74 Å². The van der Waals surface area contributed by atoms with Crippen molar-refractivity contribution >= 4 is 17.6 Å². The largest absolute Gasteiger partial charge is 0.458 e. The molecular weight excluding hydrogens is 476 g/mol. The molecule has 0 amide bonds. The zero-order valence-electron chi connectivity index (χ0n) is 23.6. The molecule has 0 saturated heterocycles. The number of fused-ring (bicyclic) bond motifs is 5. The summed E-state index contributed by atoms with van der Waals surface area (Å²) in [5.74, 6) is 3.23. The van der Waals surface area contributed by atoms with Gasteiger partial charge in [-0.25, -0.2) is 4.79 Å². The van der Waals surface area contributed by atoms with Crippen LogP contribution in [0.25, 0.3) is 0 Å². The van der Waals surface area contributed by atoms with Gasteiger partial charge in [-0.3, -0.25) is 0 Å². The average molecular weight is 525 g/mol. The lowest BCUT2D eigenvalue weighted by Crippen LogP contribution is -2.50. The van der Waals surface area contributed by atoms with Crippen molar-refractivity contribution in [1.82, 2.24) is 0 Å². The van der Waals surface area contributed by atoms with Crippen LogP contribution in [0.15, 0.2) is 35.9 Å². The van der Waals surface area contributed by atoms with Gasteiger partial charge >= 0.3 is 5.97 Å². The van der Waals surface area contributed by atoms with E-state index >= 15 is 0 Å². The molecule has 0 radical (unpaired) electrons. The lowest BCUT2D eigenvalue weighted by Gasteiger charge is -2.58. The maximum Gasteiger partial charge on any atom is 0.339 e. The van der Waals surface area contributed by atoms with Crippen LogP contribution in [0.2, 0.25) is 5.02 Å². The Morgan fingerprint density at radius 3 is 2.57 bits per heavy atom. The zero-order valence-corrected chi connectivity index (χ0v) is 24.3. The van der Waals surface area contributed by atoms with E-state index in [-0.39, 0.29) is 17.5 Å². The Morgan fingerprint density at radius 1 is 0.973 bits per heavy atom. The van der Waals surface area contributed by atoms with Crippen molar-refractivity contribution in [3.05, 3.63) is 46.5 Å². The zero-order chi connectivity index (χ0) is 26.0. The van der Waals surface area contributed by atoms with Crippen molar-refractivity contribution in [2.45, 2.75) is 123 Å². The highest BCUT2D eigenvalue weighted by molar-refractivity contribution is 6.33. The molecule has 3 fully saturated rings. The summed E-state index contributed by atoms with van der Waals surface area (Å²) in [5.41, 5.74) is 2.91. The Morgan fingerprint density at radius 2 is 1.76 bits per heavy atom. The Bertz CT molecular complexity index is 984. The van der Waals surface area contributed by atoms with E-state index in [9.17, 15) is 4.79 Å². The molecule has 0 aliphatic heterocycles. The summed E-state index contributed by atoms with van der Waals surface area (Å²) < 4.78 is 5.99. The Kier molecular flexibility index (Phi) is 8.45. The first-order valence-corrected chi connectivity index (χ1v) is 15.9. The number of halogens is 1. The van der Waals surface area contributed by atoms with Crippen LogP contribution in [0, 0.1) is 34.5 Å². The minimum absolute atomic E-state index is 0.0262. The quantitative estimate of drug-likeness (QED) is 0.182. The molecule has 4 aliphatic rings. The number of ether oxygens (including phenoxy) is 1. The van der Waals surface area contributed by atoms with Crippen LogP contribution in [0.1, 0.15) is 127 Å². The van der Waals surface area contributed by atoms with Crippen molar-refractivity contribution < 1.29 is 9.53 Å². The third-order valence-electron chi connectivity index (χ3n) is 11.5. The van der Waals surface area contributed by atoms with Crippen molar-refractivity contribution in [3.8, 4) is 0 Å². The second-order valence-corrected chi connectivity index (χ2v) is 13.8. The molecule has 7 atom stereocenters. The maximum absolute atomic E-state index is 12.8.